The molecule has 9 heteroatoms. The molecule has 1 fully saturated rings. The first-order valence-corrected chi connectivity index (χ1v) is 8.87. The maximum atomic E-state index is 13.4. The van der Waals surface area contributed by atoms with E-state index in [0.29, 0.717) is 13.0 Å². The molecule has 2 N–H and O–H groups in total. The van der Waals surface area contributed by atoms with Crippen molar-refractivity contribution >= 4 is 23.2 Å². The van der Waals surface area contributed by atoms with E-state index in [2.05, 4.69) is 10.6 Å². The highest BCUT2D eigenvalue weighted by Gasteiger charge is 2.26. The molecule has 0 spiro atoms. The molecule has 1 saturated heterocycles. The Hall–Kier alpha value is -3.20. The predicted octanol–water partition coefficient (Wildman–Crippen LogP) is 3.35. The van der Waals surface area contributed by atoms with E-state index in [-0.39, 0.29) is 34.3 Å². The topological polar surface area (TPSA) is 85.9 Å². The van der Waals surface area contributed by atoms with Crippen molar-refractivity contribution in [1.82, 2.24) is 0 Å². The van der Waals surface area contributed by atoms with Crippen LogP contribution in [0.1, 0.15) is 23.2 Å². The predicted molar refractivity (Wildman–Crippen MR) is 101 cm³/mol. The van der Waals surface area contributed by atoms with Crippen LogP contribution in [0, 0.1) is 11.6 Å². The summed E-state index contributed by atoms with van der Waals surface area (Å²) in [5.74, 6) is -2.62. The highest BCUT2D eigenvalue weighted by molar-refractivity contribution is 6.06. The average molecular weight is 406 g/mol. The second-order valence-electron chi connectivity index (χ2n) is 6.33. The van der Waals surface area contributed by atoms with Gasteiger partial charge in [0.2, 0.25) is 0 Å². The summed E-state index contributed by atoms with van der Waals surface area (Å²) in [4.78, 5) is 25.0. The Labute approximate surface area is 165 Å². The van der Waals surface area contributed by atoms with Crippen LogP contribution in [0.25, 0.3) is 0 Å². The molecule has 2 amide bonds. The average Bonchev–Trinajstić information content (AvgIpc) is 3.25. The molecule has 1 unspecified atom stereocenters. The van der Waals surface area contributed by atoms with Crippen molar-refractivity contribution in [3.63, 3.8) is 0 Å². The van der Waals surface area contributed by atoms with Crippen molar-refractivity contribution in [3.05, 3.63) is 47.5 Å². The first-order chi connectivity index (χ1) is 13.9. The maximum absolute atomic E-state index is 13.4. The number of anilines is 2. The normalized spacial score (nSPS) is 15.7. The standard InChI is InChI=1S/C20H20F2N2O5/c1-27-17-9-11(19(25)23-12-5-6-13(21)14(22)10-12)8-15(18(17)28-2)24-20(26)16-4-3-7-29-16/h5-6,8-10,16H,3-4,7H2,1-2H3,(H,23,25)(H,24,26). The van der Waals surface area contributed by atoms with Crippen LogP contribution in [0.5, 0.6) is 11.5 Å². The summed E-state index contributed by atoms with van der Waals surface area (Å²) in [5, 5.41) is 5.17. The summed E-state index contributed by atoms with van der Waals surface area (Å²) in [6, 6.07) is 5.83. The van der Waals surface area contributed by atoms with Gasteiger partial charge in [-0.3, -0.25) is 9.59 Å². The van der Waals surface area contributed by atoms with Gasteiger partial charge in [0.15, 0.2) is 23.1 Å². The van der Waals surface area contributed by atoms with E-state index in [4.69, 9.17) is 14.2 Å². The van der Waals surface area contributed by atoms with Crippen molar-refractivity contribution in [1.29, 1.82) is 0 Å². The van der Waals surface area contributed by atoms with Gasteiger partial charge in [-0.05, 0) is 37.1 Å². The smallest absolute Gasteiger partial charge is 0.255 e. The van der Waals surface area contributed by atoms with Gasteiger partial charge in [0.05, 0.1) is 19.9 Å². The molecular formula is C20H20F2N2O5. The number of amides is 2. The van der Waals surface area contributed by atoms with E-state index in [1.54, 1.807) is 0 Å². The number of ether oxygens (including phenoxy) is 3. The molecule has 2 aromatic rings. The van der Waals surface area contributed by atoms with Gasteiger partial charge in [-0.1, -0.05) is 0 Å². The first kappa shape index (κ1) is 20.5. The summed E-state index contributed by atoms with van der Waals surface area (Å²) in [6.07, 6.45) is 0.807. The summed E-state index contributed by atoms with van der Waals surface area (Å²) >= 11 is 0. The van der Waals surface area contributed by atoms with Crippen LogP contribution in [0.3, 0.4) is 0 Å². The highest BCUT2D eigenvalue weighted by atomic mass is 19.2. The lowest BCUT2D eigenvalue weighted by Gasteiger charge is -2.17. The molecular weight excluding hydrogens is 386 g/mol. The molecule has 154 valence electrons. The SMILES string of the molecule is COc1cc(C(=O)Nc2ccc(F)c(F)c2)cc(NC(=O)C2CCCO2)c1OC. The van der Waals surface area contributed by atoms with Crippen molar-refractivity contribution in [3.8, 4) is 11.5 Å². The fraction of sp³-hybridized carbons (Fsp3) is 0.300. The monoisotopic (exact) mass is 406 g/mol. The van der Waals surface area contributed by atoms with Crippen LogP contribution in [0.15, 0.2) is 30.3 Å². The summed E-state index contributed by atoms with van der Waals surface area (Å²) < 4.78 is 42.4. The Bertz CT molecular complexity index is 929. The third-order valence-corrected chi connectivity index (χ3v) is 4.40. The first-order valence-electron chi connectivity index (χ1n) is 8.87. The number of hydrogen-bond acceptors (Lipinski definition) is 5. The molecule has 1 aliphatic rings. The highest BCUT2D eigenvalue weighted by Crippen LogP contribution is 2.37. The van der Waals surface area contributed by atoms with Gasteiger partial charge in [0.25, 0.3) is 11.8 Å². The Morgan fingerprint density at radius 2 is 1.86 bits per heavy atom. The Morgan fingerprint density at radius 1 is 1.07 bits per heavy atom. The zero-order valence-corrected chi connectivity index (χ0v) is 15.9. The lowest BCUT2D eigenvalue weighted by atomic mass is 10.1. The van der Waals surface area contributed by atoms with Crippen LogP contribution < -0.4 is 20.1 Å². The number of nitrogens with one attached hydrogen (secondary N) is 2. The van der Waals surface area contributed by atoms with Gasteiger partial charge in [-0.25, -0.2) is 8.78 Å². The maximum Gasteiger partial charge on any atom is 0.255 e. The van der Waals surface area contributed by atoms with E-state index in [0.717, 1.165) is 18.6 Å². The van der Waals surface area contributed by atoms with Crippen LogP contribution in [-0.4, -0.2) is 38.7 Å². The minimum absolute atomic E-state index is 0.0774. The number of benzene rings is 2. The number of carbonyl (C=O) groups is 2. The van der Waals surface area contributed by atoms with Crippen molar-refractivity contribution in [2.24, 2.45) is 0 Å². The second kappa shape index (κ2) is 8.87. The van der Waals surface area contributed by atoms with Crippen LogP contribution >= 0.6 is 0 Å². The van der Waals surface area contributed by atoms with E-state index < -0.39 is 23.6 Å². The minimum Gasteiger partial charge on any atom is -0.493 e. The number of hydrogen-bond donors (Lipinski definition) is 2. The minimum atomic E-state index is -1.08. The van der Waals surface area contributed by atoms with Gasteiger partial charge in [0, 0.05) is 23.9 Å². The van der Waals surface area contributed by atoms with Gasteiger partial charge < -0.3 is 24.8 Å². The number of rotatable bonds is 6. The number of halogens is 2. The van der Waals surface area contributed by atoms with Crippen LogP contribution in [0.2, 0.25) is 0 Å². The van der Waals surface area contributed by atoms with Gasteiger partial charge >= 0.3 is 0 Å². The molecule has 2 aromatic carbocycles. The fourth-order valence-corrected chi connectivity index (χ4v) is 2.96. The Balaban J connectivity index is 1.88. The van der Waals surface area contributed by atoms with Crippen LogP contribution in [-0.2, 0) is 9.53 Å². The van der Waals surface area contributed by atoms with E-state index >= 15 is 0 Å². The molecule has 3 rings (SSSR count). The molecule has 0 bridgehead atoms. The zero-order valence-electron chi connectivity index (χ0n) is 15.9. The largest absolute Gasteiger partial charge is 0.493 e. The van der Waals surface area contributed by atoms with Crippen molar-refractivity contribution in [2.75, 3.05) is 31.5 Å². The van der Waals surface area contributed by atoms with Gasteiger partial charge in [-0.15, -0.1) is 0 Å². The van der Waals surface area contributed by atoms with E-state index in [9.17, 15) is 18.4 Å². The molecule has 0 aromatic heterocycles. The zero-order chi connectivity index (χ0) is 21.0. The molecule has 0 radical (unpaired) electrons. The quantitative estimate of drug-likeness (QED) is 0.769. The molecule has 29 heavy (non-hydrogen) atoms. The molecule has 1 heterocycles. The molecule has 0 aliphatic carbocycles. The van der Waals surface area contributed by atoms with E-state index in [1.807, 2.05) is 0 Å². The Morgan fingerprint density at radius 3 is 2.48 bits per heavy atom. The second-order valence-corrected chi connectivity index (χ2v) is 6.33. The van der Waals surface area contributed by atoms with Crippen molar-refractivity contribution in [2.45, 2.75) is 18.9 Å². The molecule has 1 atom stereocenters. The molecule has 7 nitrogen and oxygen atoms in total. The molecule has 0 saturated carbocycles. The summed E-state index contributed by atoms with van der Waals surface area (Å²) in [5.41, 5.74) is 0.423. The fourth-order valence-electron chi connectivity index (χ4n) is 2.96. The summed E-state index contributed by atoms with van der Waals surface area (Å²) in [6.45, 7) is 0.509. The lowest BCUT2D eigenvalue weighted by Crippen LogP contribution is -2.27. The van der Waals surface area contributed by atoms with Crippen molar-refractivity contribution < 1.29 is 32.6 Å². The number of carbonyl (C=O) groups excluding carboxylic acids is 2. The number of methoxy groups -OCH3 is 2. The third-order valence-electron chi connectivity index (χ3n) is 4.40. The van der Waals surface area contributed by atoms with Gasteiger partial charge in [-0.2, -0.15) is 0 Å². The third kappa shape index (κ3) is 4.62. The molecule has 1 aliphatic heterocycles. The van der Waals surface area contributed by atoms with E-state index in [1.165, 1.54) is 32.4 Å². The lowest BCUT2D eigenvalue weighted by molar-refractivity contribution is -0.124. The summed E-state index contributed by atoms with van der Waals surface area (Å²) in [7, 11) is 2.79. The van der Waals surface area contributed by atoms with Crippen LogP contribution in [0.4, 0.5) is 20.2 Å². The van der Waals surface area contributed by atoms with Gasteiger partial charge in [0.1, 0.15) is 6.10 Å². The Kier molecular flexibility index (Phi) is 6.28.